The summed E-state index contributed by atoms with van der Waals surface area (Å²) in [5.41, 5.74) is 4.50. The van der Waals surface area contributed by atoms with E-state index in [1.807, 2.05) is 0 Å². The molecule has 0 aromatic heterocycles. The Morgan fingerprint density at radius 3 is 2.40 bits per heavy atom. The highest BCUT2D eigenvalue weighted by molar-refractivity contribution is 5.11. The van der Waals surface area contributed by atoms with Crippen molar-refractivity contribution >= 4 is 0 Å². The first-order valence-corrected chi connectivity index (χ1v) is 5.74. The van der Waals surface area contributed by atoms with Crippen molar-refractivity contribution in [2.75, 3.05) is 26.7 Å². The van der Waals surface area contributed by atoms with Crippen molar-refractivity contribution in [2.24, 2.45) is 5.41 Å². The van der Waals surface area contributed by atoms with Gasteiger partial charge in [-0.05, 0) is 13.8 Å². The molecule has 2 heteroatoms. The van der Waals surface area contributed by atoms with Crippen molar-refractivity contribution in [3.8, 4) is 0 Å². The van der Waals surface area contributed by atoms with Gasteiger partial charge in [0.15, 0.2) is 0 Å². The predicted molar refractivity (Wildman–Crippen MR) is 65.8 cm³/mol. The summed E-state index contributed by atoms with van der Waals surface area (Å²) in [5, 5.41) is 0. The van der Waals surface area contributed by atoms with Crippen molar-refractivity contribution in [3.05, 3.63) is 18.0 Å². The average molecular weight is 208 g/mol. The maximum absolute atomic E-state index is 3.82. The zero-order chi connectivity index (χ0) is 11.6. The summed E-state index contributed by atoms with van der Waals surface area (Å²) < 4.78 is 0. The highest BCUT2D eigenvalue weighted by Crippen LogP contribution is 2.31. The van der Waals surface area contributed by atoms with Gasteiger partial charge in [0.25, 0.3) is 0 Å². The van der Waals surface area contributed by atoms with Crippen LogP contribution in [0.15, 0.2) is 18.0 Å². The molecule has 2 nitrogen and oxygen atoms in total. The van der Waals surface area contributed by atoms with Crippen LogP contribution in [0, 0.1) is 5.41 Å². The summed E-state index contributed by atoms with van der Waals surface area (Å²) in [4.78, 5) is 4.82. The molecule has 15 heavy (non-hydrogen) atoms. The Morgan fingerprint density at radius 1 is 1.33 bits per heavy atom. The zero-order valence-electron chi connectivity index (χ0n) is 10.8. The van der Waals surface area contributed by atoms with E-state index in [9.17, 15) is 0 Å². The van der Waals surface area contributed by atoms with Crippen LogP contribution in [-0.2, 0) is 0 Å². The number of nitrogens with zero attached hydrogens (tertiary/aromatic N) is 2. The van der Waals surface area contributed by atoms with E-state index in [0.717, 1.165) is 19.6 Å². The molecule has 0 radical (unpaired) electrons. The van der Waals surface area contributed by atoms with Gasteiger partial charge in [-0.2, -0.15) is 0 Å². The second kappa shape index (κ2) is 4.42. The van der Waals surface area contributed by atoms with Crippen molar-refractivity contribution in [3.63, 3.8) is 0 Å². The molecule has 86 valence electrons. The van der Waals surface area contributed by atoms with Crippen LogP contribution >= 0.6 is 0 Å². The lowest BCUT2D eigenvalue weighted by molar-refractivity contribution is 0.182. The zero-order valence-corrected chi connectivity index (χ0v) is 10.8. The van der Waals surface area contributed by atoms with Gasteiger partial charge < -0.3 is 4.90 Å². The molecule has 0 atom stereocenters. The number of hydrogen-bond donors (Lipinski definition) is 0. The lowest BCUT2D eigenvalue weighted by Gasteiger charge is -2.33. The second-order valence-electron chi connectivity index (χ2n) is 5.40. The Hall–Kier alpha value is -0.720. The summed E-state index contributed by atoms with van der Waals surface area (Å²) in [6, 6.07) is 0.613. The van der Waals surface area contributed by atoms with E-state index in [0.29, 0.717) is 6.04 Å². The summed E-state index contributed by atoms with van der Waals surface area (Å²) in [5.74, 6) is 0. The van der Waals surface area contributed by atoms with Gasteiger partial charge in [0.2, 0.25) is 0 Å². The van der Waals surface area contributed by atoms with Gasteiger partial charge in [0, 0.05) is 38.1 Å². The minimum atomic E-state index is 0.150. The number of hydrogen-bond acceptors (Lipinski definition) is 2. The smallest absolute Gasteiger partial charge is 0.0625 e. The van der Waals surface area contributed by atoms with Crippen molar-refractivity contribution < 1.29 is 0 Å². The third-order valence-electron chi connectivity index (χ3n) is 3.24. The summed E-state index contributed by atoms with van der Waals surface area (Å²) in [7, 11) is 2.14. The molecule has 0 aromatic rings. The maximum atomic E-state index is 3.82. The molecule has 1 rings (SSSR count). The molecule has 0 N–H and O–H groups in total. The SMILES string of the molecule is C=C=C1N(C)CCN(C(C)C)CC1(C)C. The molecule has 0 unspecified atom stereocenters. The van der Waals surface area contributed by atoms with Crippen LogP contribution < -0.4 is 0 Å². The molecule has 0 amide bonds. The summed E-state index contributed by atoms with van der Waals surface area (Å²) in [6.07, 6.45) is 0. The molecule has 1 aliphatic heterocycles. The molecule has 0 aliphatic carbocycles. The second-order valence-corrected chi connectivity index (χ2v) is 5.40. The van der Waals surface area contributed by atoms with Crippen LogP contribution in [0.5, 0.6) is 0 Å². The van der Waals surface area contributed by atoms with Gasteiger partial charge in [0.1, 0.15) is 0 Å². The van der Waals surface area contributed by atoms with Crippen LogP contribution in [-0.4, -0.2) is 42.5 Å². The van der Waals surface area contributed by atoms with Gasteiger partial charge in [-0.1, -0.05) is 20.4 Å². The van der Waals surface area contributed by atoms with E-state index < -0.39 is 0 Å². The Balaban J connectivity index is 2.96. The number of likely N-dealkylation sites (N-methyl/N-ethyl adjacent to an activating group) is 1. The van der Waals surface area contributed by atoms with Crippen LogP contribution in [0.4, 0.5) is 0 Å². The third kappa shape index (κ3) is 2.64. The van der Waals surface area contributed by atoms with Crippen LogP contribution in [0.3, 0.4) is 0 Å². The minimum absolute atomic E-state index is 0.150. The van der Waals surface area contributed by atoms with E-state index in [1.54, 1.807) is 0 Å². The largest absolute Gasteiger partial charge is 0.370 e. The Morgan fingerprint density at radius 2 is 1.93 bits per heavy atom. The summed E-state index contributed by atoms with van der Waals surface area (Å²) in [6.45, 7) is 16.2. The first kappa shape index (κ1) is 12.4. The molecular formula is C13H24N2. The first-order chi connectivity index (χ1) is 6.88. The Bertz CT molecular complexity index is 272. The van der Waals surface area contributed by atoms with Crippen LogP contribution in [0.1, 0.15) is 27.7 Å². The van der Waals surface area contributed by atoms with Gasteiger partial charge in [-0.15, -0.1) is 5.73 Å². The fraction of sp³-hybridized carbons (Fsp3) is 0.769. The Kier molecular flexibility index (Phi) is 3.64. The molecule has 0 spiro atoms. The molecule has 0 bridgehead atoms. The quantitative estimate of drug-likeness (QED) is 0.610. The lowest BCUT2D eigenvalue weighted by atomic mass is 9.88. The monoisotopic (exact) mass is 208 g/mol. The normalized spacial score (nSPS) is 22.8. The maximum Gasteiger partial charge on any atom is 0.0625 e. The van der Waals surface area contributed by atoms with Crippen molar-refractivity contribution in [1.82, 2.24) is 9.80 Å². The summed E-state index contributed by atoms with van der Waals surface area (Å²) >= 11 is 0. The standard InChI is InChI=1S/C13H24N2/c1-7-12-13(4,5)10-15(11(2)3)9-8-14(12)6/h11H,1,8-10H2,2-6H3. The molecule has 1 saturated heterocycles. The molecule has 0 saturated carbocycles. The minimum Gasteiger partial charge on any atom is -0.370 e. The van der Waals surface area contributed by atoms with Gasteiger partial charge >= 0.3 is 0 Å². The predicted octanol–water partition coefficient (Wildman–Crippen LogP) is 2.34. The highest BCUT2D eigenvalue weighted by Gasteiger charge is 2.32. The van der Waals surface area contributed by atoms with E-state index in [4.69, 9.17) is 0 Å². The molecule has 1 fully saturated rings. The Labute approximate surface area is 94.3 Å². The topological polar surface area (TPSA) is 6.48 Å². The van der Waals surface area contributed by atoms with Gasteiger partial charge in [0.05, 0.1) is 5.70 Å². The van der Waals surface area contributed by atoms with E-state index in [1.165, 1.54) is 5.70 Å². The lowest BCUT2D eigenvalue weighted by Crippen LogP contribution is -2.38. The van der Waals surface area contributed by atoms with E-state index in [-0.39, 0.29) is 5.41 Å². The molecule has 1 aliphatic rings. The van der Waals surface area contributed by atoms with Crippen LogP contribution in [0.2, 0.25) is 0 Å². The molecule has 1 heterocycles. The number of rotatable bonds is 1. The molecular weight excluding hydrogens is 184 g/mol. The van der Waals surface area contributed by atoms with Gasteiger partial charge in [-0.25, -0.2) is 0 Å². The molecule has 0 aromatic carbocycles. The fourth-order valence-corrected chi connectivity index (χ4v) is 2.38. The van der Waals surface area contributed by atoms with Crippen molar-refractivity contribution in [1.29, 1.82) is 0 Å². The van der Waals surface area contributed by atoms with E-state index >= 15 is 0 Å². The van der Waals surface area contributed by atoms with Crippen LogP contribution in [0.25, 0.3) is 0 Å². The first-order valence-electron chi connectivity index (χ1n) is 5.74. The highest BCUT2D eigenvalue weighted by atomic mass is 15.2. The third-order valence-corrected chi connectivity index (χ3v) is 3.24. The van der Waals surface area contributed by atoms with E-state index in [2.05, 4.69) is 56.9 Å². The van der Waals surface area contributed by atoms with Crippen molar-refractivity contribution in [2.45, 2.75) is 33.7 Å². The average Bonchev–Trinajstić information content (AvgIpc) is 2.22. The van der Waals surface area contributed by atoms with Gasteiger partial charge in [-0.3, -0.25) is 4.90 Å². The fourth-order valence-electron chi connectivity index (χ4n) is 2.38.